The van der Waals surface area contributed by atoms with Crippen molar-refractivity contribution in [3.63, 3.8) is 0 Å². The minimum absolute atomic E-state index is 0.223. The summed E-state index contributed by atoms with van der Waals surface area (Å²) in [4.78, 5) is 33.5. The van der Waals surface area contributed by atoms with Gasteiger partial charge in [0.2, 0.25) is 0 Å². The Kier molecular flexibility index (Phi) is 8.19. The zero-order chi connectivity index (χ0) is 26.7. The summed E-state index contributed by atoms with van der Waals surface area (Å²) in [5.74, 6) is 1.86. The molecule has 37 heavy (non-hydrogen) atoms. The van der Waals surface area contributed by atoms with Crippen LogP contribution in [0.2, 0.25) is 0 Å². The second-order valence-corrected chi connectivity index (χ2v) is 10.8. The van der Waals surface area contributed by atoms with Crippen molar-refractivity contribution in [3.05, 3.63) is 68.5 Å². The molecule has 194 valence electrons. The number of thiocarbonyl (C=S) groups is 1. The fraction of sp³-hybridized carbons (Fsp3) is 0.333. The molecule has 3 aromatic rings. The third kappa shape index (κ3) is 5.65. The van der Waals surface area contributed by atoms with E-state index in [2.05, 4.69) is 19.2 Å². The number of ether oxygens (including phenoxy) is 2. The van der Waals surface area contributed by atoms with E-state index in [4.69, 9.17) is 26.7 Å². The number of pyridine rings is 1. The van der Waals surface area contributed by atoms with Gasteiger partial charge in [-0.2, -0.15) is 0 Å². The van der Waals surface area contributed by atoms with Gasteiger partial charge in [-0.1, -0.05) is 50.0 Å². The lowest BCUT2D eigenvalue weighted by atomic mass is 10.1. The zero-order valence-electron chi connectivity index (χ0n) is 21.5. The SMILES string of the molecule is COc1ccc(CCN2C(=O)/C(=C\c3c(NCC(C)C)nc4c(C)cccn4c3=O)SC2=S)cc1OC. The molecule has 1 aliphatic rings. The molecule has 0 atom stereocenters. The predicted octanol–water partition coefficient (Wildman–Crippen LogP) is 4.53. The minimum Gasteiger partial charge on any atom is -0.493 e. The molecule has 3 heterocycles. The highest BCUT2D eigenvalue weighted by molar-refractivity contribution is 8.26. The van der Waals surface area contributed by atoms with Crippen LogP contribution in [-0.4, -0.2) is 51.8 Å². The molecule has 8 nitrogen and oxygen atoms in total. The van der Waals surface area contributed by atoms with Crippen molar-refractivity contribution in [1.82, 2.24) is 14.3 Å². The van der Waals surface area contributed by atoms with Crippen LogP contribution in [0, 0.1) is 12.8 Å². The lowest BCUT2D eigenvalue weighted by Crippen LogP contribution is -2.30. The van der Waals surface area contributed by atoms with Crippen LogP contribution in [-0.2, 0) is 11.2 Å². The van der Waals surface area contributed by atoms with Gasteiger partial charge in [0.1, 0.15) is 15.8 Å². The Morgan fingerprint density at radius 1 is 1.16 bits per heavy atom. The van der Waals surface area contributed by atoms with Crippen molar-refractivity contribution in [2.45, 2.75) is 27.2 Å². The summed E-state index contributed by atoms with van der Waals surface area (Å²) < 4.78 is 12.6. The largest absolute Gasteiger partial charge is 0.493 e. The Bertz CT molecular complexity index is 1450. The second kappa shape index (κ2) is 11.4. The van der Waals surface area contributed by atoms with Gasteiger partial charge in [-0.05, 0) is 54.7 Å². The van der Waals surface area contributed by atoms with Gasteiger partial charge >= 0.3 is 0 Å². The van der Waals surface area contributed by atoms with Gasteiger partial charge in [0.25, 0.3) is 11.5 Å². The average molecular weight is 539 g/mol. The average Bonchev–Trinajstić information content (AvgIpc) is 3.15. The molecule has 1 fully saturated rings. The van der Waals surface area contributed by atoms with Crippen molar-refractivity contribution >= 4 is 51.7 Å². The fourth-order valence-electron chi connectivity index (χ4n) is 3.98. The Balaban J connectivity index is 1.63. The Labute approximate surface area is 225 Å². The molecule has 1 aliphatic heterocycles. The molecule has 1 saturated heterocycles. The first kappa shape index (κ1) is 26.7. The summed E-state index contributed by atoms with van der Waals surface area (Å²) in [6.07, 6.45) is 3.89. The third-order valence-electron chi connectivity index (χ3n) is 5.98. The van der Waals surface area contributed by atoms with Crippen LogP contribution < -0.4 is 20.3 Å². The molecule has 0 spiro atoms. The van der Waals surface area contributed by atoms with E-state index in [1.807, 2.05) is 37.3 Å². The number of fused-ring (bicyclic) bond motifs is 1. The number of aryl methyl sites for hydroxylation is 1. The lowest BCUT2D eigenvalue weighted by Gasteiger charge is -2.15. The number of carbonyl (C=O) groups is 1. The van der Waals surface area contributed by atoms with Gasteiger partial charge in [-0.25, -0.2) is 4.98 Å². The van der Waals surface area contributed by atoms with Crippen LogP contribution in [0.25, 0.3) is 11.7 Å². The van der Waals surface area contributed by atoms with E-state index in [1.54, 1.807) is 31.4 Å². The predicted molar refractivity (Wildman–Crippen MR) is 153 cm³/mol. The number of nitrogens with one attached hydrogen (secondary N) is 1. The van der Waals surface area contributed by atoms with Crippen LogP contribution in [0.5, 0.6) is 11.5 Å². The first-order chi connectivity index (χ1) is 17.7. The second-order valence-electron chi connectivity index (χ2n) is 9.11. The summed E-state index contributed by atoms with van der Waals surface area (Å²) in [6.45, 7) is 7.12. The first-order valence-electron chi connectivity index (χ1n) is 12.0. The van der Waals surface area contributed by atoms with Crippen LogP contribution >= 0.6 is 24.0 Å². The van der Waals surface area contributed by atoms with Gasteiger partial charge in [0, 0.05) is 19.3 Å². The van der Waals surface area contributed by atoms with Crippen LogP contribution in [0.1, 0.15) is 30.5 Å². The lowest BCUT2D eigenvalue weighted by molar-refractivity contribution is -0.122. The molecule has 2 aromatic heterocycles. The summed E-state index contributed by atoms with van der Waals surface area (Å²) in [5, 5.41) is 3.29. The quantitative estimate of drug-likeness (QED) is 0.314. The minimum atomic E-state index is -0.240. The highest BCUT2D eigenvalue weighted by Gasteiger charge is 2.32. The van der Waals surface area contributed by atoms with Gasteiger partial charge in [-0.3, -0.25) is 18.9 Å². The normalized spacial score (nSPS) is 14.8. The Morgan fingerprint density at radius 2 is 1.92 bits per heavy atom. The molecule has 0 aliphatic carbocycles. The first-order valence-corrected chi connectivity index (χ1v) is 13.2. The van der Waals surface area contributed by atoms with E-state index in [-0.39, 0.29) is 11.5 Å². The van der Waals surface area contributed by atoms with E-state index in [9.17, 15) is 9.59 Å². The Hall–Kier alpha value is -3.37. The van der Waals surface area contributed by atoms with E-state index >= 15 is 0 Å². The highest BCUT2D eigenvalue weighted by Crippen LogP contribution is 2.34. The van der Waals surface area contributed by atoms with Gasteiger partial charge in [0.05, 0.1) is 24.7 Å². The zero-order valence-corrected chi connectivity index (χ0v) is 23.2. The monoisotopic (exact) mass is 538 g/mol. The number of amides is 1. The number of hydrogen-bond donors (Lipinski definition) is 1. The fourth-order valence-corrected chi connectivity index (χ4v) is 5.27. The number of anilines is 1. The maximum absolute atomic E-state index is 13.5. The molecule has 0 unspecified atom stereocenters. The molecular weight excluding hydrogens is 508 g/mol. The summed E-state index contributed by atoms with van der Waals surface area (Å²) in [6, 6.07) is 9.39. The number of nitrogens with zero attached hydrogens (tertiary/aromatic N) is 3. The van der Waals surface area contributed by atoms with Crippen molar-refractivity contribution in [2.75, 3.05) is 32.6 Å². The molecule has 4 rings (SSSR count). The number of rotatable bonds is 9. The van der Waals surface area contributed by atoms with E-state index in [1.165, 1.54) is 16.2 Å². The van der Waals surface area contributed by atoms with E-state index in [0.717, 1.165) is 11.1 Å². The van der Waals surface area contributed by atoms with Crippen LogP contribution in [0.3, 0.4) is 0 Å². The standard InChI is InChI=1S/C27H30N4O4S2/c1-16(2)15-28-23-19(25(32)30-11-6-7-17(3)24(30)29-23)14-22-26(33)31(27(36)37-22)12-10-18-8-9-20(34-4)21(13-18)35-5/h6-9,11,13-14,16,28H,10,12,15H2,1-5H3/b22-14+. The van der Waals surface area contributed by atoms with Gasteiger partial charge in [-0.15, -0.1) is 0 Å². The van der Waals surface area contributed by atoms with Crippen LogP contribution in [0.15, 0.2) is 46.2 Å². The summed E-state index contributed by atoms with van der Waals surface area (Å²) in [7, 11) is 3.18. The van der Waals surface area contributed by atoms with Crippen molar-refractivity contribution in [2.24, 2.45) is 5.92 Å². The number of thioether (sulfide) groups is 1. The van der Waals surface area contributed by atoms with Gasteiger partial charge < -0.3 is 14.8 Å². The van der Waals surface area contributed by atoms with Crippen molar-refractivity contribution in [3.8, 4) is 11.5 Å². The summed E-state index contributed by atoms with van der Waals surface area (Å²) >= 11 is 6.72. The maximum atomic E-state index is 13.5. The van der Waals surface area contributed by atoms with E-state index < -0.39 is 0 Å². The Morgan fingerprint density at radius 3 is 2.62 bits per heavy atom. The van der Waals surface area contributed by atoms with Gasteiger partial charge in [0.15, 0.2) is 11.5 Å². The third-order valence-corrected chi connectivity index (χ3v) is 7.36. The molecule has 1 amide bonds. The molecule has 0 radical (unpaired) electrons. The molecule has 10 heteroatoms. The topological polar surface area (TPSA) is 85.2 Å². The molecule has 0 saturated carbocycles. The highest BCUT2D eigenvalue weighted by atomic mass is 32.2. The smallest absolute Gasteiger partial charge is 0.267 e. The van der Waals surface area contributed by atoms with Crippen molar-refractivity contribution in [1.29, 1.82) is 0 Å². The number of methoxy groups -OCH3 is 2. The number of aromatic nitrogens is 2. The summed E-state index contributed by atoms with van der Waals surface area (Å²) in [5.41, 5.74) is 2.56. The number of carbonyl (C=O) groups excluding carboxylic acids is 1. The molecular formula is C27H30N4O4S2. The van der Waals surface area contributed by atoms with E-state index in [0.29, 0.717) is 63.2 Å². The number of hydrogen-bond acceptors (Lipinski definition) is 8. The van der Waals surface area contributed by atoms with Crippen LogP contribution in [0.4, 0.5) is 5.82 Å². The molecule has 0 bridgehead atoms. The maximum Gasteiger partial charge on any atom is 0.267 e. The molecule has 1 N–H and O–H groups in total. The molecule has 1 aromatic carbocycles. The van der Waals surface area contributed by atoms with Crippen molar-refractivity contribution < 1.29 is 14.3 Å². The number of benzene rings is 1.